The van der Waals surface area contributed by atoms with Crippen LogP contribution in [0.5, 0.6) is 0 Å². The fourth-order valence-corrected chi connectivity index (χ4v) is 3.10. The molecular formula is C17H22ClN5O. The van der Waals surface area contributed by atoms with Crippen molar-refractivity contribution in [3.8, 4) is 5.69 Å². The third-order valence-corrected chi connectivity index (χ3v) is 4.64. The first-order chi connectivity index (χ1) is 11.5. The summed E-state index contributed by atoms with van der Waals surface area (Å²) in [6, 6.07) is 7.63. The number of hydrogen-bond donors (Lipinski definition) is 1. The highest BCUT2D eigenvalue weighted by Crippen LogP contribution is 2.24. The molecule has 1 N–H and O–H groups in total. The van der Waals surface area contributed by atoms with E-state index in [0.717, 1.165) is 31.0 Å². The summed E-state index contributed by atoms with van der Waals surface area (Å²) in [7, 11) is 1.81. The van der Waals surface area contributed by atoms with Crippen LogP contribution >= 0.6 is 11.6 Å². The molecule has 1 aromatic heterocycles. The van der Waals surface area contributed by atoms with Crippen LogP contribution in [0.15, 0.2) is 24.3 Å². The molecule has 0 aliphatic carbocycles. The Hall–Kier alpha value is -1.92. The molecule has 1 amide bonds. The third-order valence-electron chi connectivity index (χ3n) is 4.32. The standard InChI is InChI=1S/C17H22ClN5O/c1-11(2)16-20-15(17(24)22(3)12-8-9-19-10-12)21-23(16)14-7-5-4-6-13(14)18/h4-7,11-12,19H,8-10H2,1-3H3. The Morgan fingerprint density at radius 1 is 1.42 bits per heavy atom. The van der Waals surface area contributed by atoms with Crippen LogP contribution in [-0.4, -0.2) is 51.8 Å². The van der Waals surface area contributed by atoms with Crippen molar-refractivity contribution in [1.82, 2.24) is 25.0 Å². The zero-order chi connectivity index (χ0) is 17.3. The summed E-state index contributed by atoms with van der Waals surface area (Å²) < 4.78 is 1.68. The van der Waals surface area contributed by atoms with Crippen LogP contribution in [0.2, 0.25) is 5.02 Å². The fraction of sp³-hybridized carbons (Fsp3) is 0.471. The lowest BCUT2D eigenvalue weighted by molar-refractivity contribution is 0.0731. The Balaban J connectivity index is 1.97. The molecule has 1 fully saturated rings. The molecule has 0 radical (unpaired) electrons. The highest BCUT2D eigenvalue weighted by atomic mass is 35.5. The summed E-state index contributed by atoms with van der Waals surface area (Å²) in [6.07, 6.45) is 0.949. The smallest absolute Gasteiger partial charge is 0.293 e. The van der Waals surface area contributed by atoms with Crippen molar-refractivity contribution in [3.05, 3.63) is 40.9 Å². The number of nitrogens with one attached hydrogen (secondary N) is 1. The zero-order valence-electron chi connectivity index (χ0n) is 14.2. The number of carbonyl (C=O) groups is 1. The van der Waals surface area contributed by atoms with Gasteiger partial charge in [0.05, 0.1) is 10.7 Å². The van der Waals surface area contributed by atoms with Crippen LogP contribution < -0.4 is 5.32 Å². The van der Waals surface area contributed by atoms with Crippen LogP contribution in [0.3, 0.4) is 0 Å². The van der Waals surface area contributed by atoms with Gasteiger partial charge in [-0.05, 0) is 25.1 Å². The lowest BCUT2D eigenvalue weighted by atomic mass is 10.2. The SMILES string of the molecule is CC(C)c1nc(C(=O)N(C)C2CCNC2)nn1-c1ccccc1Cl. The number of carbonyl (C=O) groups excluding carboxylic acids is 1. The Morgan fingerprint density at radius 3 is 2.79 bits per heavy atom. The van der Waals surface area contributed by atoms with Gasteiger partial charge in [0.25, 0.3) is 5.91 Å². The molecule has 1 atom stereocenters. The van der Waals surface area contributed by atoms with Crippen molar-refractivity contribution in [2.45, 2.75) is 32.2 Å². The molecule has 2 aromatic rings. The van der Waals surface area contributed by atoms with Crippen molar-refractivity contribution < 1.29 is 4.79 Å². The molecule has 24 heavy (non-hydrogen) atoms. The summed E-state index contributed by atoms with van der Waals surface area (Å²) in [5.41, 5.74) is 0.736. The van der Waals surface area contributed by atoms with Crippen LogP contribution in [0.4, 0.5) is 0 Å². The first-order valence-corrected chi connectivity index (χ1v) is 8.56. The molecular weight excluding hydrogens is 326 g/mol. The van der Waals surface area contributed by atoms with Crippen LogP contribution in [0, 0.1) is 0 Å². The third kappa shape index (κ3) is 3.16. The van der Waals surface area contributed by atoms with E-state index in [2.05, 4.69) is 15.4 Å². The number of rotatable bonds is 4. The first-order valence-electron chi connectivity index (χ1n) is 8.18. The van der Waals surface area contributed by atoms with Crippen molar-refractivity contribution in [2.24, 2.45) is 0 Å². The van der Waals surface area contributed by atoms with Gasteiger partial charge in [-0.15, -0.1) is 5.10 Å². The predicted molar refractivity (Wildman–Crippen MR) is 93.8 cm³/mol. The molecule has 1 saturated heterocycles. The molecule has 1 unspecified atom stereocenters. The maximum atomic E-state index is 12.8. The van der Waals surface area contributed by atoms with Gasteiger partial charge in [-0.3, -0.25) is 4.79 Å². The number of hydrogen-bond acceptors (Lipinski definition) is 4. The van der Waals surface area contributed by atoms with Gasteiger partial charge >= 0.3 is 0 Å². The van der Waals surface area contributed by atoms with Crippen molar-refractivity contribution in [3.63, 3.8) is 0 Å². The number of aromatic nitrogens is 3. The summed E-state index contributed by atoms with van der Waals surface area (Å²) in [4.78, 5) is 19.0. The maximum absolute atomic E-state index is 12.8. The Bertz CT molecular complexity index is 736. The van der Waals surface area contributed by atoms with Crippen LogP contribution in [0.25, 0.3) is 5.69 Å². The van der Waals surface area contributed by atoms with E-state index < -0.39 is 0 Å². The molecule has 1 aliphatic rings. The molecule has 0 saturated carbocycles. The van der Waals surface area contributed by atoms with Gasteiger partial charge in [0.15, 0.2) is 0 Å². The van der Waals surface area contributed by atoms with E-state index >= 15 is 0 Å². The van der Waals surface area contributed by atoms with Gasteiger partial charge in [-0.2, -0.15) is 0 Å². The summed E-state index contributed by atoms with van der Waals surface area (Å²) >= 11 is 6.30. The highest BCUT2D eigenvalue weighted by molar-refractivity contribution is 6.32. The van der Waals surface area contributed by atoms with E-state index in [0.29, 0.717) is 5.02 Å². The maximum Gasteiger partial charge on any atom is 0.293 e. The number of amides is 1. The minimum atomic E-state index is -0.156. The van der Waals surface area contributed by atoms with Crippen molar-refractivity contribution >= 4 is 17.5 Å². The summed E-state index contributed by atoms with van der Waals surface area (Å²) in [6.45, 7) is 5.79. The largest absolute Gasteiger partial charge is 0.335 e. The minimum Gasteiger partial charge on any atom is -0.335 e. The second-order valence-corrected chi connectivity index (χ2v) is 6.78. The van der Waals surface area contributed by atoms with Gasteiger partial charge in [-0.1, -0.05) is 37.6 Å². The van der Waals surface area contributed by atoms with E-state index in [4.69, 9.17) is 11.6 Å². The quantitative estimate of drug-likeness (QED) is 0.923. The average Bonchev–Trinajstić information content (AvgIpc) is 3.23. The lowest BCUT2D eigenvalue weighted by Crippen LogP contribution is -2.38. The normalized spacial score (nSPS) is 17.5. The van der Waals surface area contributed by atoms with Gasteiger partial charge in [0, 0.05) is 25.6 Å². The molecule has 3 rings (SSSR count). The monoisotopic (exact) mass is 347 g/mol. The number of benzene rings is 1. The number of nitrogens with zero attached hydrogens (tertiary/aromatic N) is 4. The van der Waals surface area contributed by atoms with E-state index in [1.165, 1.54) is 0 Å². The molecule has 6 nitrogen and oxygen atoms in total. The lowest BCUT2D eigenvalue weighted by Gasteiger charge is -2.22. The molecule has 128 valence electrons. The highest BCUT2D eigenvalue weighted by Gasteiger charge is 2.28. The molecule has 1 aromatic carbocycles. The topological polar surface area (TPSA) is 63.1 Å². The molecule has 7 heteroatoms. The Labute approximate surface area is 146 Å². The predicted octanol–water partition coefficient (Wildman–Crippen LogP) is 2.48. The Morgan fingerprint density at radius 2 is 2.17 bits per heavy atom. The fourth-order valence-electron chi connectivity index (χ4n) is 2.88. The number of likely N-dealkylation sites (N-methyl/N-ethyl adjacent to an activating group) is 1. The Kier molecular flexibility index (Phi) is 4.87. The molecule has 2 heterocycles. The number of halogens is 1. The second kappa shape index (κ2) is 6.91. The summed E-state index contributed by atoms with van der Waals surface area (Å²) in [5, 5.41) is 8.31. The van der Waals surface area contributed by atoms with E-state index in [-0.39, 0.29) is 23.7 Å². The van der Waals surface area contributed by atoms with Gasteiger partial charge in [-0.25, -0.2) is 9.67 Å². The minimum absolute atomic E-state index is 0.119. The van der Waals surface area contributed by atoms with E-state index in [1.807, 2.05) is 39.1 Å². The zero-order valence-corrected chi connectivity index (χ0v) is 14.9. The van der Waals surface area contributed by atoms with Gasteiger partial charge in [0.2, 0.25) is 5.82 Å². The van der Waals surface area contributed by atoms with Crippen LogP contribution in [-0.2, 0) is 0 Å². The first kappa shape index (κ1) is 16.9. The van der Waals surface area contributed by atoms with Crippen molar-refractivity contribution in [1.29, 1.82) is 0 Å². The van der Waals surface area contributed by atoms with Crippen LogP contribution in [0.1, 0.15) is 42.6 Å². The van der Waals surface area contributed by atoms with Crippen molar-refractivity contribution in [2.75, 3.05) is 20.1 Å². The van der Waals surface area contributed by atoms with Gasteiger partial charge in [0.1, 0.15) is 5.82 Å². The van der Waals surface area contributed by atoms with E-state index in [9.17, 15) is 4.79 Å². The van der Waals surface area contributed by atoms with Gasteiger partial charge < -0.3 is 10.2 Å². The molecule has 0 bridgehead atoms. The number of para-hydroxylation sites is 1. The molecule has 1 aliphatic heterocycles. The average molecular weight is 348 g/mol. The summed E-state index contributed by atoms with van der Waals surface area (Å²) in [5.74, 6) is 0.905. The van der Waals surface area contributed by atoms with E-state index in [1.54, 1.807) is 15.6 Å². The second-order valence-electron chi connectivity index (χ2n) is 6.37. The molecule has 0 spiro atoms.